The van der Waals surface area contributed by atoms with E-state index >= 15 is 0 Å². The van der Waals surface area contributed by atoms with Gasteiger partial charge in [-0.3, -0.25) is 57.5 Å². The maximum absolute atomic E-state index is 14.9. The summed E-state index contributed by atoms with van der Waals surface area (Å²) < 4.78 is 0. The molecule has 25 heteroatoms. The third-order valence-electron chi connectivity index (χ3n) is 16.3. The Balaban J connectivity index is 1.84. The molecular formula is C62H96N12O13. The zero-order valence-corrected chi connectivity index (χ0v) is 53.9. The molecule has 6 N–H and O–H groups in total. The van der Waals surface area contributed by atoms with Crippen LogP contribution in [0.25, 0.3) is 0 Å². The summed E-state index contributed by atoms with van der Waals surface area (Å²) in [5.74, 6) is -8.96. The number of hydrogen-bond acceptors (Lipinski definition) is 13. The molecule has 1 heterocycles. The molecule has 87 heavy (non-hydrogen) atoms. The zero-order chi connectivity index (χ0) is 65.9. The second-order valence-corrected chi connectivity index (χ2v) is 23.6. The lowest BCUT2D eigenvalue weighted by Gasteiger charge is -2.39. The first-order chi connectivity index (χ1) is 40.7. The Morgan fingerprint density at radius 1 is 0.494 bits per heavy atom. The quantitative estimate of drug-likeness (QED) is 0.0599. The molecule has 11 atom stereocenters. The summed E-state index contributed by atoms with van der Waals surface area (Å²) in [6.07, 6.45) is 1.17. The highest BCUT2D eigenvalue weighted by atomic mass is 16.3. The number of nitrogens with zero attached hydrogens (tertiary/aromatic N) is 7. The van der Waals surface area contributed by atoms with Gasteiger partial charge in [0, 0.05) is 82.2 Å². The number of carbonyl (C=O) groups excluding carboxylic acids is 12. The van der Waals surface area contributed by atoms with Crippen LogP contribution in [-0.2, 0) is 70.4 Å². The molecule has 1 aliphatic heterocycles. The van der Waals surface area contributed by atoms with Crippen LogP contribution < -0.4 is 26.6 Å². The molecule has 2 aromatic carbocycles. The van der Waals surface area contributed by atoms with Gasteiger partial charge in [-0.15, -0.1) is 0 Å². The summed E-state index contributed by atoms with van der Waals surface area (Å²) in [6.45, 7) is 16.2. The van der Waals surface area contributed by atoms with E-state index in [2.05, 4.69) is 26.6 Å². The fraction of sp³-hybridized carbons (Fsp3) is 0.613. The molecule has 3 rings (SSSR count). The molecule has 0 aromatic heterocycles. The number of aliphatic hydroxyl groups excluding tert-OH is 1. The molecule has 0 bridgehead atoms. The number of amides is 12. The van der Waals surface area contributed by atoms with Crippen LogP contribution >= 0.6 is 0 Å². The Kier molecular flexibility index (Phi) is 28.5. The number of carbonyl (C=O) groups is 12. The molecule has 0 unspecified atom stereocenters. The largest absolute Gasteiger partial charge is 0.391 e. The van der Waals surface area contributed by atoms with E-state index in [1.165, 1.54) is 110 Å². The highest BCUT2D eigenvalue weighted by molar-refractivity contribution is 6.07. The zero-order valence-electron chi connectivity index (χ0n) is 53.9. The molecule has 0 aliphatic carbocycles. The van der Waals surface area contributed by atoms with Gasteiger partial charge in [-0.1, -0.05) is 88.4 Å². The lowest BCUT2D eigenvalue weighted by Crippen LogP contribution is -2.62. The van der Waals surface area contributed by atoms with E-state index in [-0.39, 0.29) is 31.1 Å². The smallest absolute Gasteiger partial charge is 0.254 e. The number of rotatable bonds is 29. The molecule has 12 amide bonds. The van der Waals surface area contributed by atoms with Crippen LogP contribution in [0.4, 0.5) is 0 Å². The normalized spacial score (nSPS) is 16.1. The van der Waals surface area contributed by atoms with Crippen LogP contribution in [0.3, 0.4) is 0 Å². The van der Waals surface area contributed by atoms with Gasteiger partial charge in [0.15, 0.2) is 6.04 Å². The molecular weight excluding hydrogens is 1120 g/mol. The second-order valence-electron chi connectivity index (χ2n) is 23.6. The van der Waals surface area contributed by atoms with E-state index < -0.39 is 137 Å². The number of benzene rings is 2. The number of likely N-dealkylation sites (N-methyl/N-ethyl adjacent to an activating group) is 7. The lowest BCUT2D eigenvalue weighted by atomic mass is 9.96. The van der Waals surface area contributed by atoms with Gasteiger partial charge < -0.3 is 66.0 Å². The van der Waals surface area contributed by atoms with Crippen molar-refractivity contribution in [3.05, 3.63) is 71.8 Å². The summed E-state index contributed by atoms with van der Waals surface area (Å²) in [5.41, 5.74) is 1.41. The second kappa shape index (κ2) is 33.8. The first-order valence-corrected chi connectivity index (χ1v) is 29.7. The van der Waals surface area contributed by atoms with Crippen LogP contribution in [0.2, 0.25) is 0 Å². The monoisotopic (exact) mass is 1220 g/mol. The average molecular weight is 1220 g/mol. The van der Waals surface area contributed by atoms with E-state index in [4.69, 9.17) is 0 Å². The van der Waals surface area contributed by atoms with Crippen LogP contribution in [0.5, 0.6) is 0 Å². The van der Waals surface area contributed by atoms with E-state index in [0.717, 1.165) is 39.5 Å². The Labute approximate surface area is 513 Å². The summed E-state index contributed by atoms with van der Waals surface area (Å²) in [4.78, 5) is 175. The van der Waals surface area contributed by atoms with Crippen LogP contribution in [0.15, 0.2) is 60.7 Å². The van der Waals surface area contributed by atoms with Gasteiger partial charge in [0.1, 0.15) is 54.4 Å². The van der Waals surface area contributed by atoms with Crippen LogP contribution in [-0.4, -0.2) is 239 Å². The van der Waals surface area contributed by atoms with Crippen LogP contribution in [0.1, 0.15) is 106 Å². The fourth-order valence-electron chi connectivity index (χ4n) is 10.1. The van der Waals surface area contributed by atoms with Gasteiger partial charge in [-0.25, -0.2) is 0 Å². The highest BCUT2D eigenvalue weighted by Gasteiger charge is 2.43. The highest BCUT2D eigenvalue weighted by Crippen LogP contribution is 2.22. The van der Waals surface area contributed by atoms with Gasteiger partial charge >= 0.3 is 0 Å². The lowest BCUT2D eigenvalue weighted by molar-refractivity contribution is -0.154. The van der Waals surface area contributed by atoms with Crippen molar-refractivity contribution >= 4 is 70.9 Å². The van der Waals surface area contributed by atoms with Crippen molar-refractivity contribution in [2.75, 3.05) is 62.4 Å². The number of likely N-dealkylation sites (tertiary alicyclic amines) is 1. The molecule has 0 spiro atoms. The molecule has 0 radical (unpaired) electrons. The Hall–Kier alpha value is -7.96. The van der Waals surface area contributed by atoms with E-state index in [1.54, 1.807) is 56.3 Å². The Morgan fingerprint density at radius 3 is 1.41 bits per heavy atom. The third-order valence-corrected chi connectivity index (χ3v) is 16.3. The molecule has 1 fully saturated rings. The van der Waals surface area contributed by atoms with Gasteiger partial charge in [0.2, 0.25) is 59.1 Å². The maximum atomic E-state index is 14.9. The molecule has 482 valence electrons. The van der Waals surface area contributed by atoms with Gasteiger partial charge in [0.05, 0.1) is 6.10 Å². The van der Waals surface area contributed by atoms with E-state index in [1.807, 2.05) is 32.0 Å². The predicted octanol–water partition coefficient (Wildman–Crippen LogP) is 0.314. The van der Waals surface area contributed by atoms with E-state index in [9.17, 15) is 62.6 Å². The number of nitrogens with one attached hydrogen (secondary N) is 5. The molecule has 2 aromatic rings. The molecule has 1 saturated heterocycles. The first kappa shape index (κ1) is 73.3. The summed E-state index contributed by atoms with van der Waals surface area (Å²) in [6, 6.07) is 4.97. The number of hydrogen-bond donors (Lipinski definition) is 6. The van der Waals surface area contributed by atoms with Crippen LogP contribution in [0, 0.1) is 11.8 Å². The average Bonchev–Trinajstić information content (AvgIpc) is 1.61. The Morgan fingerprint density at radius 2 is 0.954 bits per heavy atom. The molecule has 1 aliphatic rings. The topological polar surface area (TPSA) is 308 Å². The van der Waals surface area contributed by atoms with Crippen molar-refractivity contribution in [3.63, 3.8) is 0 Å². The first-order valence-electron chi connectivity index (χ1n) is 29.7. The van der Waals surface area contributed by atoms with Crippen molar-refractivity contribution in [1.29, 1.82) is 0 Å². The molecule has 25 nitrogen and oxygen atoms in total. The van der Waals surface area contributed by atoms with Gasteiger partial charge in [-0.05, 0) is 83.3 Å². The maximum Gasteiger partial charge on any atom is 0.254 e. The minimum Gasteiger partial charge on any atom is -0.391 e. The summed E-state index contributed by atoms with van der Waals surface area (Å²) >= 11 is 0. The fourth-order valence-corrected chi connectivity index (χ4v) is 10.1. The number of aliphatic hydroxyl groups is 1. The number of piperidine rings is 1. The van der Waals surface area contributed by atoms with Gasteiger partial charge in [0.25, 0.3) is 11.8 Å². The van der Waals surface area contributed by atoms with Crippen molar-refractivity contribution < 1.29 is 62.6 Å². The Bertz CT molecular complexity index is 2720. The third kappa shape index (κ3) is 20.0. The minimum absolute atomic E-state index is 0.0647. The van der Waals surface area contributed by atoms with E-state index in [0.29, 0.717) is 18.7 Å². The summed E-state index contributed by atoms with van der Waals surface area (Å²) in [5, 5.41) is 23.6. The standard InChI is InChI=1S/C62H96N12O13/c1-36(2)33-47(58(83)68(12)39(6)53(78)64-38(5)52(77)67-50(56(81)63-11)61(86)74-31-25-20-26-32-74)72(16)62(87)51(37(3)4)73(17)57(82)46(34-44-27-21-18-22-28-44)65-54(79)40(7)70(14)60(85)49(42(9)75)66-55(80)41(8)69(13)59(84)48(71(15)43(10)76)35-45-29-23-19-24-30-45/h18-19,21-24,27-30,36-42,46-51,75H,20,25-26,31-35H2,1-17H3,(H,63,81)(H,64,78)(H,65,79)(H,66,80)(H,67,77)/t38-,39-,40-,41-,42+,46-,47-,48-,49-,50-,51-/m0/s1. The minimum atomic E-state index is -1.61. The van der Waals surface area contributed by atoms with Crippen molar-refractivity contribution in [3.8, 4) is 0 Å². The van der Waals surface area contributed by atoms with Crippen molar-refractivity contribution in [2.24, 2.45) is 11.8 Å². The van der Waals surface area contributed by atoms with Crippen molar-refractivity contribution in [1.82, 2.24) is 60.9 Å². The molecule has 0 saturated carbocycles. The predicted molar refractivity (Wildman–Crippen MR) is 326 cm³/mol. The van der Waals surface area contributed by atoms with Gasteiger partial charge in [-0.2, -0.15) is 0 Å². The van der Waals surface area contributed by atoms with Crippen molar-refractivity contribution in [2.45, 2.75) is 174 Å². The SMILES string of the molecule is CNC(=O)[C@H](NC(=O)[C@H](C)NC(=O)[C@H](C)N(C)C(=O)[C@H](CC(C)C)N(C)C(=O)[C@H](C(C)C)N(C)C(=O)[C@H](Cc1ccccc1)NC(=O)[C@H](C)N(C)C(=O)[C@@H](NC(=O)[C@H](C)N(C)C(=O)[C@H](Cc1ccccc1)N(C)C(C)=O)[C@@H](C)O)C(=O)N1CCCCC1. The summed E-state index contributed by atoms with van der Waals surface area (Å²) in [7, 11) is 9.71.